The summed E-state index contributed by atoms with van der Waals surface area (Å²) in [6.45, 7) is 4.74. The zero-order valence-corrected chi connectivity index (χ0v) is 16.4. The van der Waals surface area contributed by atoms with Gasteiger partial charge >= 0.3 is 0 Å². The molecule has 1 atom stereocenters. The number of anilines is 2. The number of benzene rings is 2. The molecule has 2 saturated heterocycles. The monoisotopic (exact) mass is 400 g/mol. The van der Waals surface area contributed by atoms with Gasteiger partial charge in [-0.2, -0.15) is 0 Å². The topological polar surface area (TPSA) is 65.3 Å². The van der Waals surface area contributed by atoms with Crippen LogP contribution in [-0.4, -0.2) is 49.1 Å². The van der Waals surface area contributed by atoms with E-state index in [9.17, 15) is 14.7 Å². The van der Waals surface area contributed by atoms with Gasteiger partial charge in [-0.3, -0.25) is 9.59 Å². The van der Waals surface area contributed by atoms with Gasteiger partial charge in [-0.05, 0) is 36.8 Å². The number of carbonyl (C=O) groups excluding carboxylic acids is 2. The molecule has 2 N–H and O–H groups in total. The number of hydrogen-bond acceptors (Lipinski definition) is 4. The zero-order valence-electron chi connectivity index (χ0n) is 15.7. The molecule has 2 fully saturated rings. The van der Waals surface area contributed by atoms with E-state index in [0.29, 0.717) is 10.7 Å². The van der Waals surface area contributed by atoms with Crippen molar-refractivity contribution in [3.05, 3.63) is 53.1 Å². The Hall–Kier alpha value is -2.57. The van der Waals surface area contributed by atoms with E-state index in [-0.39, 0.29) is 30.0 Å². The summed E-state index contributed by atoms with van der Waals surface area (Å²) in [6, 6.07) is 12.2. The molecule has 2 heterocycles. The number of carbonyl (C=O) groups is 2. The van der Waals surface area contributed by atoms with E-state index in [1.807, 2.05) is 19.1 Å². The molecule has 7 heteroatoms. The van der Waals surface area contributed by atoms with Crippen LogP contribution in [0.25, 0.3) is 0 Å². The smallest absolute Gasteiger partial charge is 0.292 e. The summed E-state index contributed by atoms with van der Waals surface area (Å²) in [5.74, 6) is -0.0574. The molecule has 146 valence electrons. The van der Waals surface area contributed by atoms with Crippen molar-refractivity contribution in [2.24, 2.45) is 0 Å². The first-order valence-electron chi connectivity index (χ1n) is 9.47. The molecule has 6 nitrogen and oxygen atoms in total. The Morgan fingerprint density at radius 2 is 1.71 bits per heavy atom. The van der Waals surface area contributed by atoms with Gasteiger partial charge in [0.2, 0.25) is 5.91 Å². The summed E-state index contributed by atoms with van der Waals surface area (Å²) in [6.07, 6.45) is 0.219. The number of halogens is 1. The van der Waals surface area contributed by atoms with E-state index >= 15 is 0 Å². The first-order valence-corrected chi connectivity index (χ1v) is 9.84. The molecule has 0 saturated carbocycles. The predicted molar refractivity (Wildman–Crippen MR) is 108 cm³/mol. The van der Waals surface area contributed by atoms with Crippen molar-refractivity contribution < 1.29 is 19.6 Å². The Kier molecular flexibility index (Phi) is 5.00. The largest absolute Gasteiger partial charge is 0.506 e. The fourth-order valence-corrected chi connectivity index (χ4v) is 4.33. The van der Waals surface area contributed by atoms with Crippen LogP contribution in [0.5, 0.6) is 5.75 Å². The number of phenolic OH excluding ortho intramolecular Hbond substituents is 1. The van der Waals surface area contributed by atoms with Crippen LogP contribution < -0.4 is 14.7 Å². The number of nitrogens with zero attached hydrogens (tertiary/aromatic N) is 2. The van der Waals surface area contributed by atoms with Crippen LogP contribution >= 0.6 is 11.6 Å². The summed E-state index contributed by atoms with van der Waals surface area (Å²) in [5, 5.41) is 10.6. The number of imide groups is 1. The lowest BCUT2D eigenvalue weighted by Crippen LogP contribution is -3.19. The van der Waals surface area contributed by atoms with Crippen molar-refractivity contribution in [2.45, 2.75) is 19.4 Å². The second-order valence-corrected chi connectivity index (χ2v) is 7.75. The number of rotatable bonds is 3. The lowest BCUT2D eigenvalue weighted by atomic mass is 10.1. The average molecular weight is 401 g/mol. The molecule has 0 aromatic heterocycles. The molecule has 28 heavy (non-hydrogen) atoms. The van der Waals surface area contributed by atoms with Crippen LogP contribution in [0.3, 0.4) is 0 Å². The van der Waals surface area contributed by atoms with Gasteiger partial charge in [0.15, 0.2) is 6.04 Å². The highest BCUT2D eigenvalue weighted by molar-refractivity contribution is 6.32. The average Bonchev–Trinajstić information content (AvgIpc) is 2.99. The van der Waals surface area contributed by atoms with Crippen molar-refractivity contribution in [1.82, 2.24) is 0 Å². The second kappa shape index (κ2) is 7.45. The summed E-state index contributed by atoms with van der Waals surface area (Å²) in [7, 11) is 0. The maximum Gasteiger partial charge on any atom is 0.292 e. The standard InChI is InChI=1S/C21H22ClN3O3/c1-14-15(22)5-4-7-16(14)25-20(27)13-18(21(25)28)24-11-9-23(10-12-24)17-6-2-3-8-19(17)26/h2-8,18,26H,9-13H2,1H3/p+1/t18-/m1/s1. The molecule has 4 rings (SSSR count). The SMILES string of the molecule is Cc1c(Cl)cccc1N1C(=O)C[C@@H]([NH+]2CCN(c3ccccc3O)CC2)C1=O. The first-order chi connectivity index (χ1) is 13.5. The number of piperazine rings is 1. The molecule has 0 radical (unpaired) electrons. The Balaban J connectivity index is 1.48. The zero-order chi connectivity index (χ0) is 19.8. The Bertz CT molecular complexity index is 925. The lowest BCUT2D eigenvalue weighted by Gasteiger charge is -2.35. The van der Waals surface area contributed by atoms with Crippen molar-refractivity contribution in [2.75, 3.05) is 36.0 Å². The van der Waals surface area contributed by atoms with E-state index in [1.54, 1.807) is 30.3 Å². The molecule has 0 unspecified atom stereocenters. The maximum atomic E-state index is 13.1. The first kappa shape index (κ1) is 18.8. The molecule has 2 aliphatic heterocycles. The fourth-order valence-electron chi connectivity index (χ4n) is 4.16. The summed E-state index contributed by atoms with van der Waals surface area (Å²) in [5.41, 5.74) is 2.13. The van der Waals surface area contributed by atoms with Gasteiger partial charge in [0.25, 0.3) is 5.91 Å². The molecule has 2 amide bonds. The van der Waals surface area contributed by atoms with Gasteiger partial charge in [0.1, 0.15) is 5.75 Å². The molecule has 0 spiro atoms. The number of hydrogen-bond donors (Lipinski definition) is 2. The van der Waals surface area contributed by atoms with Crippen molar-refractivity contribution in [3.8, 4) is 5.75 Å². The van der Waals surface area contributed by atoms with E-state index < -0.39 is 0 Å². The van der Waals surface area contributed by atoms with Crippen molar-refractivity contribution in [1.29, 1.82) is 0 Å². The van der Waals surface area contributed by atoms with Gasteiger partial charge in [0.05, 0.1) is 44.0 Å². The van der Waals surface area contributed by atoms with Crippen LogP contribution in [-0.2, 0) is 9.59 Å². The molecule has 2 aromatic carbocycles. The minimum absolute atomic E-state index is 0.152. The third kappa shape index (κ3) is 3.23. The Morgan fingerprint density at radius 1 is 1.04 bits per heavy atom. The van der Waals surface area contributed by atoms with E-state index in [0.717, 1.165) is 42.3 Å². The molecule has 2 aromatic rings. The highest BCUT2D eigenvalue weighted by Crippen LogP contribution is 2.30. The second-order valence-electron chi connectivity index (χ2n) is 7.34. The van der Waals surface area contributed by atoms with E-state index in [1.165, 1.54) is 4.90 Å². The van der Waals surface area contributed by atoms with Gasteiger partial charge in [0, 0.05) is 5.02 Å². The highest BCUT2D eigenvalue weighted by atomic mass is 35.5. The third-order valence-corrected chi connectivity index (χ3v) is 6.16. The van der Waals surface area contributed by atoms with Gasteiger partial charge < -0.3 is 14.9 Å². The van der Waals surface area contributed by atoms with Crippen LogP contribution in [0.1, 0.15) is 12.0 Å². The molecular weight excluding hydrogens is 378 g/mol. The van der Waals surface area contributed by atoms with Crippen molar-refractivity contribution in [3.63, 3.8) is 0 Å². The van der Waals surface area contributed by atoms with E-state index in [4.69, 9.17) is 11.6 Å². The minimum Gasteiger partial charge on any atom is -0.506 e. The number of phenols is 1. The van der Waals surface area contributed by atoms with Gasteiger partial charge in [-0.1, -0.05) is 29.8 Å². The molecule has 0 aliphatic carbocycles. The predicted octanol–water partition coefficient (Wildman–Crippen LogP) is 1.39. The highest BCUT2D eigenvalue weighted by Gasteiger charge is 2.46. The fraction of sp³-hybridized carbons (Fsp3) is 0.333. The summed E-state index contributed by atoms with van der Waals surface area (Å²) < 4.78 is 0. The lowest BCUT2D eigenvalue weighted by molar-refractivity contribution is -0.915. The van der Waals surface area contributed by atoms with Crippen molar-refractivity contribution >= 4 is 34.8 Å². The van der Waals surface area contributed by atoms with E-state index in [2.05, 4.69) is 4.90 Å². The van der Waals surface area contributed by atoms with Crippen LogP contribution in [0.4, 0.5) is 11.4 Å². The van der Waals surface area contributed by atoms with Gasteiger partial charge in [-0.15, -0.1) is 0 Å². The number of nitrogens with one attached hydrogen (secondary N) is 1. The van der Waals surface area contributed by atoms with Crippen LogP contribution in [0, 0.1) is 6.92 Å². The maximum absolute atomic E-state index is 13.1. The van der Waals surface area contributed by atoms with Crippen LogP contribution in [0.2, 0.25) is 5.02 Å². The quantitative estimate of drug-likeness (QED) is 0.764. The number of amides is 2. The molecule has 0 bridgehead atoms. The van der Waals surface area contributed by atoms with Crippen LogP contribution in [0.15, 0.2) is 42.5 Å². The number of quaternary nitrogens is 1. The molecule has 2 aliphatic rings. The minimum atomic E-state index is -0.364. The normalized spacial score (nSPS) is 20.9. The van der Waals surface area contributed by atoms with Gasteiger partial charge in [-0.25, -0.2) is 4.90 Å². The molecular formula is C21H23ClN3O3+. The Labute approximate surface area is 168 Å². The number of para-hydroxylation sites is 2. The number of aromatic hydroxyl groups is 1. The summed E-state index contributed by atoms with van der Waals surface area (Å²) in [4.78, 5) is 30.3. The third-order valence-electron chi connectivity index (χ3n) is 5.75. The Morgan fingerprint density at radius 3 is 2.43 bits per heavy atom. The summed E-state index contributed by atoms with van der Waals surface area (Å²) >= 11 is 6.18.